The summed E-state index contributed by atoms with van der Waals surface area (Å²) in [5.41, 5.74) is 6.37. The topological polar surface area (TPSA) is 53.4 Å². The van der Waals surface area contributed by atoms with Gasteiger partial charge < -0.3 is 15.1 Å². The van der Waals surface area contributed by atoms with Crippen molar-refractivity contribution in [2.45, 2.75) is 13.1 Å². The number of hydrogen-bond acceptors (Lipinski definition) is 3. The first-order valence-electron chi connectivity index (χ1n) is 10.3. The molecular formula is C25H27N5O. The number of urea groups is 1. The van der Waals surface area contributed by atoms with E-state index in [1.54, 1.807) is 4.90 Å². The van der Waals surface area contributed by atoms with E-state index < -0.39 is 0 Å². The SMILES string of the molecule is CN(Cc1ccc(N(C)C)cc1)C(=O)NCc1ccc(-n2cnc3ccccc32)cc1. The molecule has 4 aromatic rings. The summed E-state index contributed by atoms with van der Waals surface area (Å²) in [5.74, 6) is 0. The molecule has 4 rings (SSSR count). The van der Waals surface area contributed by atoms with E-state index in [1.807, 2.05) is 69.9 Å². The number of carbonyl (C=O) groups excluding carboxylic acids is 1. The Hall–Kier alpha value is -3.80. The number of nitrogens with zero attached hydrogens (tertiary/aromatic N) is 4. The summed E-state index contributed by atoms with van der Waals surface area (Å²) in [6.45, 7) is 1.04. The lowest BCUT2D eigenvalue weighted by Gasteiger charge is -2.19. The van der Waals surface area contributed by atoms with Crippen LogP contribution in [0.2, 0.25) is 0 Å². The van der Waals surface area contributed by atoms with Crippen LogP contribution in [0.1, 0.15) is 11.1 Å². The average molecular weight is 414 g/mol. The van der Waals surface area contributed by atoms with Crippen molar-refractivity contribution >= 4 is 22.8 Å². The Morgan fingerprint density at radius 1 is 0.903 bits per heavy atom. The predicted molar refractivity (Wildman–Crippen MR) is 126 cm³/mol. The van der Waals surface area contributed by atoms with Gasteiger partial charge in [-0.3, -0.25) is 4.57 Å². The van der Waals surface area contributed by atoms with Gasteiger partial charge in [0.25, 0.3) is 0 Å². The van der Waals surface area contributed by atoms with Gasteiger partial charge in [0, 0.05) is 45.6 Å². The van der Waals surface area contributed by atoms with Gasteiger partial charge in [0.15, 0.2) is 0 Å². The number of amides is 2. The number of nitrogens with one attached hydrogen (secondary N) is 1. The maximum Gasteiger partial charge on any atom is 0.317 e. The van der Waals surface area contributed by atoms with Gasteiger partial charge >= 0.3 is 6.03 Å². The van der Waals surface area contributed by atoms with Crippen molar-refractivity contribution in [2.24, 2.45) is 0 Å². The summed E-state index contributed by atoms with van der Waals surface area (Å²) in [6.07, 6.45) is 1.83. The van der Waals surface area contributed by atoms with Gasteiger partial charge in [0.1, 0.15) is 6.33 Å². The van der Waals surface area contributed by atoms with E-state index in [9.17, 15) is 4.79 Å². The molecule has 0 saturated carbocycles. The minimum atomic E-state index is -0.0960. The van der Waals surface area contributed by atoms with Crippen molar-refractivity contribution in [3.8, 4) is 5.69 Å². The Balaban J connectivity index is 1.33. The van der Waals surface area contributed by atoms with Gasteiger partial charge in [-0.2, -0.15) is 0 Å². The Morgan fingerprint density at radius 2 is 1.58 bits per heavy atom. The molecule has 0 unspecified atom stereocenters. The molecule has 0 bridgehead atoms. The highest BCUT2D eigenvalue weighted by molar-refractivity contribution is 5.77. The molecule has 0 aliphatic carbocycles. The molecule has 0 aliphatic heterocycles. The van der Waals surface area contributed by atoms with Crippen LogP contribution in [-0.4, -0.2) is 41.6 Å². The maximum absolute atomic E-state index is 12.5. The Kier molecular flexibility index (Phi) is 5.89. The van der Waals surface area contributed by atoms with Crippen LogP contribution in [0.15, 0.2) is 79.1 Å². The van der Waals surface area contributed by atoms with Gasteiger partial charge in [0.05, 0.1) is 11.0 Å². The molecule has 1 aromatic heterocycles. The van der Waals surface area contributed by atoms with Crippen LogP contribution < -0.4 is 10.2 Å². The number of benzene rings is 3. The third-order valence-electron chi connectivity index (χ3n) is 5.33. The van der Waals surface area contributed by atoms with Crippen molar-refractivity contribution in [2.75, 3.05) is 26.0 Å². The van der Waals surface area contributed by atoms with Crippen molar-refractivity contribution in [3.05, 3.63) is 90.3 Å². The molecule has 3 aromatic carbocycles. The largest absolute Gasteiger partial charge is 0.378 e. The van der Waals surface area contributed by atoms with Crippen molar-refractivity contribution < 1.29 is 4.79 Å². The molecule has 1 N–H and O–H groups in total. The number of rotatable bonds is 6. The zero-order valence-electron chi connectivity index (χ0n) is 18.1. The Labute approximate surface area is 182 Å². The second-order valence-corrected chi connectivity index (χ2v) is 7.85. The van der Waals surface area contributed by atoms with Gasteiger partial charge in [-0.15, -0.1) is 0 Å². The van der Waals surface area contributed by atoms with Gasteiger partial charge in [-0.1, -0.05) is 36.4 Å². The second-order valence-electron chi connectivity index (χ2n) is 7.85. The monoisotopic (exact) mass is 413 g/mol. The van der Waals surface area contributed by atoms with Crippen LogP contribution in [0.5, 0.6) is 0 Å². The standard InChI is InChI=1S/C25H27N5O/c1-28(2)21-12-10-20(11-13-21)17-29(3)25(31)26-16-19-8-14-22(15-9-19)30-18-27-23-6-4-5-7-24(23)30/h4-15,18H,16-17H2,1-3H3,(H,26,31). The first-order chi connectivity index (χ1) is 15.0. The van der Waals surface area contributed by atoms with E-state index in [4.69, 9.17) is 0 Å². The summed E-state index contributed by atoms with van der Waals surface area (Å²) in [7, 11) is 5.83. The molecule has 0 saturated heterocycles. The lowest BCUT2D eigenvalue weighted by atomic mass is 10.2. The summed E-state index contributed by atoms with van der Waals surface area (Å²) in [4.78, 5) is 20.7. The zero-order valence-corrected chi connectivity index (χ0v) is 18.1. The normalized spacial score (nSPS) is 10.8. The Bertz CT molecular complexity index is 1160. The van der Waals surface area contributed by atoms with Gasteiger partial charge in [0.2, 0.25) is 0 Å². The zero-order chi connectivity index (χ0) is 21.8. The summed E-state index contributed by atoms with van der Waals surface area (Å²) in [5, 5.41) is 2.99. The van der Waals surface area contributed by atoms with Crippen LogP contribution in [0.3, 0.4) is 0 Å². The summed E-state index contributed by atoms with van der Waals surface area (Å²) in [6, 6.07) is 24.3. The lowest BCUT2D eigenvalue weighted by molar-refractivity contribution is 0.206. The molecule has 0 spiro atoms. The van der Waals surface area contributed by atoms with Crippen LogP contribution in [-0.2, 0) is 13.1 Å². The van der Waals surface area contributed by atoms with Crippen molar-refractivity contribution in [1.29, 1.82) is 0 Å². The first-order valence-corrected chi connectivity index (χ1v) is 10.3. The summed E-state index contributed by atoms with van der Waals surface area (Å²) >= 11 is 0. The smallest absolute Gasteiger partial charge is 0.317 e. The van der Waals surface area contributed by atoms with E-state index in [0.29, 0.717) is 13.1 Å². The molecule has 0 atom stereocenters. The number of aromatic nitrogens is 2. The van der Waals surface area contributed by atoms with E-state index in [0.717, 1.165) is 33.5 Å². The van der Waals surface area contributed by atoms with Crippen LogP contribution >= 0.6 is 0 Å². The molecule has 2 amide bonds. The predicted octanol–water partition coefficient (Wildman–Crippen LogP) is 4.43. The molecule has 31 heavy (non-hydrogen) atoms. The second kappa shape index (κ2) is 8.92. The number of anilines is 1. The molecule has 0 aliphatic rings. The maximum atomic E-state index is 12.5. The van der Waals surface area contributed by atoms with Crippen molar-refractivity contribution in [3.63, 3.8) is 0 Å². The number of fused-ring (bicyclic) bond motifs is 1. The number of para-hydroxylation sites is 2. The number of imidazole rings is 1. The summed E-state index contributed by atoms with van der Waals surface area (Å²) < 4.78 is 2.06. The minimum absolute atomic E-state index is 0.0960. The fourth-order valence-corrected chi connectivity index (χ4v) is 3.50. The number of carbonyl (C=O) groups is 1. The molecule has 0 fully saturated rings. The molecule has 1 heterocycles. The average Bonchev–Trinajstić information content (AvgIpc) is 3.22. The van der Waals surface area contributed by atoms with E-state index in [1.165, 1.54) is 0 Å². The van der Waals surface area contributed by atoms with Gasteiger partial charge in [-0.25, -0.2) is 9.78 Å². The molecule has 158 valence electrons. The highest BCUT2D eigenvalue weighted by Crippen LogP contribution is 2.18. The van der Waals surface area contributed by atoms with Crippen LogP contribution in [0.4, 0.5) is 10.5 Å². The van der Waals surface area contributed by atoms with E-state index in [2.05, 4.69) is 50.1 Å². The van der Waals surface area contributed by atoms with Crippen LogP contribution in [0.25, 0.3) is 16.7 Å². The van der Waals surface area contributed by atoms with Crippen LogP contribution in [0, 0.1) is 0 Å². The molecule has 0 radical (unpaired) electrons. The van der Waals surface area contributed by atoms with E-state index in [-0.39, 0.29) is 6.03 Å². The highest BCUT2D eigenvalue weighted by Gasteiger charge is 2.09. The Morgan fingerprint density at radius 3 is 2.29 bits per heavy atom. The van der Waals surface area contributed by atoms with Crippen molar-refractivity contribution in [1.82, 2.24) is 19.8 Å². The third-order valence-corrected chi connectivity index (χ3v) is 5.33. The fourth-order valence-electron chi connectivity index (χ4n) is 3.50. The number of hydrogen-bond donors (Lipinski definition) is 1. The minimum Gasteiger partial charge on any atom is -0.378 e. The molecule has 6 nitrogen and oxygen atoms in total. The molecule has 6 heteroatoms. The van der Waals surface area contributed by atoms with E-state index >= 15 is 0 Å². The van der Waals surface area contributed by atoms with Gasteiger partial charge in [-0.05, 0) is 47.5 Å². The first kappa shape index (κ1) is 20.5. The quantitative estimate of drug-likeness (QED) is 0.509. The highest BCUT2D eigenvalue weighted by atomic mass is 16.2. The third kappa shape index (κ3) is 4.69. The fraction of sp³-hybridized carbons (Fsp3) is 0.200. The lowest BCUT2D eigenvalue weighted by Crippen LogP contribution is -2.36. The molecular weight excluding hydrogens is 386 g/mol.